The number of amides is 2. The molecule has 0 spiro atoms. The maximum absolute atomic E-state index is 11.7. The zero-order chi connectivity index (χ0) is 19.4. The van der Waals surface area contributed by atoms with Crippen molar-refractivity contribution in [3.05, 3.63) is 28.2 Å². The van der Waals surface area contributed by atoms with Crippen LogP contribution in [0.25, 0.3) is 0 Å². The van der Waals surface area contributed by atoms with Gasteiger partial charge in [0.05, 0.1) is 11.6 Å². The second-order valence-electron chi connectivity index (χ2n) is 5.53. The predicted octanol–water partition coefficient (Wildman–Crippen LogP) is 3.75. The molecule has 1 rings (SSSR count). The number of halogens is 2. The molecule has 6 nitrogen and oxygen atoms in total. The number of unbranched alkanes of at least 4 members (excludes halogenated alkanes) is 2. The summed E-state index contributed by atoms with van der Waals surface area (Å²) < 4.78 is 5.49. The largest absolute Gasteiger partial charge is 0.492 e. The molecule has 0 heterocycles. The zero-order valence-electron chi connectivity index (χ0n) is 14.6. The minimum absolute atomic E-state index is 0.0732. The van der Waals surface area contributed by atoms with Crippen molar-refractivity contribution >= 4 is 52.3 Å². The highest BCUT2D eigenvalue weighted by atomic mass is 35.5. The van der Waals surface area contributed by atoms with Crippen molar-refractivity contribution in [2.75, 3.05) is 6.61 Å². The average molecular weight is 420 g/mol. The summed E-state index contributed by atoms with van der Waals surface area (Å²) in [6, 6.07) is 4.94. The lowest BCUT2D eigenvalue weighted by Crippen LogP contribution is -2.48. The molecule has 9 heteroatoms. The summed E-state index contributed by atoms with van der Waals surface area (Å²) in [6.07, 6.45) is 3.98. The Kier molecular flexibility index (Phi) is 11.0. The highest BCUT2D eigenvalue weighted by molar-refractivity contribution is 7.80. The first kappa shape index (κ1) is 22.5. The highest BCUT2D eigenvalue weighted by Gasteiger charge is 2.07. The fourth-order valence-corrected chi connectivity index (χ4v) is 2.58. The van der Waals surface area contributed by atoms with Gasteiger partial charge in [0, 0.05) is 17.9 Å². The maximum Gasteiger partial charge on any atom is 0.238 e. The smallest absolute Gasteiger partial charge is 0.238 e. The Morgan fingerprint density at radius 2 is 1.81 bits per heavy atom. The summed E-state index contributed by atoms with van der Waals surface area (Å²) in [4.78, 5) is 23.3. The standard InChI is InChI=1S/C17H23Cl2N3O3S/c1-2-3-4-6-15(23)20-17(26)22-21-16(24)7-5-10-25-14-9-8-12(18)11-13(14)19/h8-9,11H,2-7,10H2,1H3,(H,21,24)(H2,20,22,23,26). The van der Waals surface area contributed by atoms with Gasteiger partial charge in [-0.25, -0.2) is 0 Å². The summed E-state index contributed by atoms with van der Waals surface area (Å²) in [7, 11) is 0. The van der Waals surface area contributed by atoms with Crippen LogP contribution in [0.1, 0.15) is 45.4 Å². The molecular weight excluding hydrogens is 397 g/mol. The molecule has 0 saturated carbocycles. The van der Waals surface area contributed by atoms with Crippen LogP contribution in [0.4, 0.5) is 0 Å². The summed E-state index contributed by atoms with van der Waals surface area (Å²) in [6.45, 7) is 2.39. The van der Waals surface area contributed by atoms with Crippen LogP contribution >= 0.6 is 35.4 Å². The van der Waals surface area contributed by atoms with Crippen molar-refractivity contribution in [3.63, 3.8) is 0 Å². The van der Waals surface area contributed by atoms with Gasteiger partial charge in [-0.3, -0.25) is 20.4 Å². The van der Waals surface area contributed by atoms with Gasteiger partial charge < -0.3 is 10.1 Å². The van der Waals surface area contributed by atoms with Gasteiger partial charge in [-0.1, -0.05) is 43.0 Å². The highest BCUT2D eigenvalue weighted by Crippen LogP contribution is 2.27. The van der Waals surface area contributed by atoms with E-state index in [0.717, 1.165) is 19.3 Å². The van der Waals surface area contributed by atoms with E-state index in [1.54, 1.807) is 18.2 Å². The Hall–Kier alpha value is -1.57. The third-order valence-electron chi connectivity index (χ3n) is 3.28. The number of hydrazine groups is 1. The zero-order valence-corrected chi connectivity index (χ0v) is 16.9. The van der Waals surface area contributed by atoms with E-state index in [9.17, 15) is 9.59 Å². The van der Waals surface area contributed by atoms with Crippen molar-refractivity contribution < 1.29 is 14.3 Å². The number of nitrogens with one attached hydrogen (secondary N) is 3. The monoisotopic (exact) mass is 419 g/mol. The summed E-state index contributed by atoms with van der Waals surface area (Å²) >= 11 is 16.7. The lowest BCUT2D eigenvalue weighted by atomic mass is 10.2. The van der Waals surface area contributed by atoms with Crippen molar-refractivity contribution in [2.45, 2.75) is 45.4 Å². The molecule has 0 aliphatic rings. The summed E-state index contributed by atoms with van der Waals surface area (Å²) in [5, 5.41) is 3.53. The van der Waals surface area contributed by atoms with Gasteiger partial charge in [-0.05, 0) is 43.3 Å². The first-order chi connectivity index (χ1) is 12.4. The van der Waals surface area contributed by atoms with Gasteiger partial charge in [-0.2, -0.15) is 0 Å². The Bertz CT molecular complexity index is 629. The minimum atomic E-state index is -0.265. The van der Waals surface area contributed by atoms with Crippen LogP contribution < -0.4 is 20.9 Å². The van der Waals surface area contributed by atoms with E-state index in [2.05, 4.69) is 23.1 Å². The van der Waals surface area contributed by atoms with Gasteiger partial charge in [-0.15, -0.1) is 0 Å². The maximum atomic E-state index is 11.7. The number of thiocarbonyl (C=S) groups is 1. The second-order valence-corrected chi connectivity index (χ2v) is 6.79. The SMILES string of the molecule is CCCCCC(=O)NC(=S)NNC(=O)CCCOc1ccc(Cl)cc1Cl. The predicted molar refractivity (Wildman–Crippen MR) is 107 cm³/mol. The van der Waals surface area contributed by atoms with E-state index in [0.29, 0.717) is 35.2 Å². The molecular formula is C17H23Cl2N3O3S. The van der Waals surface area contributed by atoms with Gasteiger partial charge in [0.15, 0.2) is 5.11 Å². The van der Waals surface area contributed by atoms with E-state index in [1.807, 2.05) is 0 Å². The van der Waals surface area contributed by atoms with Crippen LogP contribution in [-0.2, 0) is 9.59 Å². The Balaban J connectivity index is 2.14. The topological polar surface area (TPSA) is 79.5 Å². The van der Waals surface area contributed by atoms with Crippen molar-refractivity contribution in [3.8, 4) is 5.75 Å². The fourth-order valence-electron chi connectivity index (χ4n) is 1.95. The Morgan fingerprint density at radius 3 is 2.50 bits per heavy atom. The number of carbonyl (C=O) groups excluding carboxylic acids is 2. The molecule has 1 aromatic carbocycles. The molecule has 0 saturated heterocycles. The first-order valence-corrected chi connectivity index (χ1v) is 9.55. The molecule has 0 aliphatic heterocycles. The number of rotatable bonds is 9. The lowest BCUT2D eigenvalue weighted by molar-refractivity contribution is -0.122. The van der Waals surface area contributed by atoms with Crippen LogP contribution in [0.3, 0.4) is 0 Å². The average Bonchev–Trinajstić information content (AvgIpc) is 2.58. The molecule has 0 atom stereocenters. The molecule has 0 bridgehead atoms. The quantitative estimate of drug-likeness (QED) is 0.322. The van der Waals surface area contributed by atoms with E-state index in [4.69, 9.17) is 40.2 Å². The van der Waals surface area contributed by atoms with Gasteiger partial charge in [0.2, 0.25) is 11.8 Å². The van der Waals surface area contributed by atoms with Crippen molar-refractivity contribution in [1.82, 2.24) is 16.2 Å². The molecule has 0 radical (unpaired) electrons. The van der Waals surface area contributed by atoms with Crippen LogP contribution in [0.5, 0.6) is 5.75 Å². The number of hydrogen-bond acceptors (Lipinski definition) is 4. The summed E-state index contributed by atoms with van der Waals surface area (Å²) in [5.41, 5.74) is 4.93. The van der Waals surface area contributed by atoms with Gasteiger partial charge in [0.25, 0.3) is 0 Å². The molecule has 1 aromatic rings. The molecule has 144 valence electrons. The molecule has 0 aliphatic carbocycles. The van der Waals surface area contributed by atoms with Crippen LogP contribution in [0.2, 0.25) is 10.0 Å². The third-order valence-corrected chi connectivity index (χ3v) is 4.01. The molecule has 2 amide bonds. The van der Waals surface area contributed by atoms with Crippen LogP contribution in [0.15, 0.2) is 18.2 Å². The molecule has 0 aromatic heterocycles. The Morgan fingerprint density at radius 1 is 1.08 bits per heavy atom. The van der Waals surface area contributed by atoms with E-state index in [1.165, 1.54) is 0 Å². The number of ether oxygens (including phenoxy) is 1. The summed E-state index contributed by atoms with van der Waals surface area (Å²) in [5.74, 6) is 0.0818. The van der Waals surface area contributed by atoms with Crippen LogP contribution in [-0.4, -0.2) is 23.5 Å². The second kappa shape index (κ2) is 12.7. The number of benzene rings is 1. The molecule has 0 unspecified atom stereocenters. The van der Waals surface area contributed by atoms with E-state index < -0.39 is 0 Å². The van der Waals surface area contributed by atoms with E-state index in [-0.39, 0.29) is 23.3 Å². The molecule has 3 N–H and O–H groups in total. The van der Waals surface area contributed by atoms with Crippen molar-refractivity contribution in [1.29, 1.82) is 0 Å². The van der Waals surface area contributed by atoms with E-state index >= 15 is 0 Å². The molecule has 26 heavy (non-hydrogen) atoms. The lowest BCUT2D eigenvalue weighted by Gasteiger charge is -2.11. The number of carbonyl (C=O) groups is 2. The first-order valence-electron chi connectivity index (χ1n) is 8.39. The van der Waals surface area contributed by atoms with Gasteiger partial charge in [0.1, 0.15) is 5.75 Å². The molecule has 0 fully saturated rings. The van der Waals surface area contributed by atoms with Crippen LogP contribution in [0, 0.1) is 0 Å². The fraction of sp³-hybridized carbons (Fsp3) is 0.471. The van der Waals surface area contributed by atoms with Crippen molar-refractivity contribution in [2.24, 2.45) is 0 Å². The third kappa shape index (κ3) is 9.79. The number of hydrogen-bond donors (Lipinski definition) is 3. The normalized spacial score (nSPS) is 10.1. The minimum Gasteiger partial charge on any atom is -0.492 e. The van der Waals surface area contributed by atoms with Gasteiger partial charge >= 0.3 is 0 Å². The Labute approximate surface area is 168 Å².